The van der Waals surface area contributed by atoms with Gasteiger partial charge in [0.25, 0.3) is 11.8 Å². The van der Waals surface area contributed by atoms with Gasteiger partial charge in [-0.25, -0.2) is 14.4 Å². The number of oxime groups is 1. The van der Waals surface area contributed by atoms with Crippen LogP contribution in [0.3, 0.4) is 0 Å². The number of carboxylic acids is 2. The van der Waals surface area contributed by atoms with Crippen molar-refractivity contribution >= 4 is 47.3 Å². The van der Waals surface area contributed by atoms with E-state index in [0.717, 1.165) is 18.0 Å². The molecule has 3 aliphatic heterocycles. The van der Waals surface area contributed by atoms with E-state index in [1.165, 1.54) is 31.2 Å². The molecule has 2 saturated heterocycles. The number of furan rings is 1. The summed E-state index contributed by atoms with van der Waals surface area (Å²) in [6, 6.07) is 2.12. The van der Waals surface area contributed by atoms with Crippen molar-refractivity contribution in [3.8, 4) is 0 Å². The minimum absolute atomic E-state index is 0.153. The highest BCUT2D eigenvalue weighted by Gasteiger charge is 2.54. The summed E-state index contributed by atoms with van der Waals surface area (Å²) >= 11 is 1.27. The third kappa shape index (κ3) is 7.52. The molecule has 2 fully saturated rings. The van der Waals surface area contributed by atoms with Crippen molar-refractivity contribution in [2.24, 2.45) is 5.16 Å². The van der Waals surface area contributed by atoms with Gasteiger partial charge in [0.2, 0.25) is 5.71 Å². The molecular weight excluding hydrogens is 595 g/mol. The summed E-state index contributed by atoms with van der Waals surface area (Å²) < 4.78 is 42.3. The number of ether oxygens (including phenoxy) is 1. The first kappa shape index (κ1) is 32.3. The van der Waals surface area contributed by atoms with E-state index in [0.29, 0.717) is 18.7 Å². The van der Waals surface area contributed by atoms with Crippen molar-refractivity contribution in [3.63, 3.8) is 0 Å². The molecule has 3 aliphatic rings. The van der Waals surface area contributed by atoms with E-state index in [4.69, 9.17) is 23.9 Å². The molecule has 1 aromatic rings. The Morgan fingerprint density at radius 2 is 1.83 bits per heavy atom. The number of aliphatic carboxylic acids is 2. The minimum atomic E-state index is -5.08. The molecule has 42 heavy (non-hydrogen) atoms. The average Bonchev–Trinajstić information content (AvgIpc) is 3.47. The number of halogens is 3. The summed E-state index contributed by atoms with van der Waals surface area (Å²) in [4.78, 5) is 68.4. The van der Waals surface area contributed by atoms with Crippen molar-refractivity contribution in [2.75, 3.05) is 52.7 Å². The van der Waals surface area contributed by atoms with E-state index in [-0.39, 0.29) is 29.5 Å². The maximum absolute atomic E-state index is 12.9. The topological polar surface area (TPSA) is 192 Å². The second-order valence-electron chi connectivity index (χ2n) is 8.87. The van der Waals surface area contributed by atoms with Gasteiger partial charge in [0.15, 0.2) is 5.76 Å². The number of likely N-dealkylation sites (N-methyl/N-ethyl adjacent to an activating group) is 1. The molecule has 1 unspecified atom stereocenters. The Kier molecular flexibility index (Phi) is 10.4. The minimum Gasteiger partial charge on any atom is -0.477 e. The lowest BCUT2D eigenvalue weighted by atomic mass is 10.0. The molecule has 3 N–H and O–H groups in total. The molecule has 15 nitrogen and oxygen atoms in total. The highest BCUT2D eigenvalue weighted by Crippen LogP contribution is 2.40. The zero-order chi connectivity index (χ0) is 31.2. The van der Waals surface area contributed by atoms with Gasteiger partial charge in [-0.3, -0.25) is 14.5 Å². The number of nitrogens with zero attached hydrogens (tertiary/aromatic N) is 4. The summed E-state index contributed by atoms with van der Waals surface area (Å²) in [5, 5.41) is 22.5. The molecule has 0 aliphatic carbocycles. The van der Waals surface area contributed by atoms with Crippen LogP contribution in [0.2, 0.25) is 0 Å². The fourth-order valence-corrected chi connectivity index (χ4v) is 5.26. The summed E-state index contributed by atoms with van der Waals surface area (Å²) in [7, 11) is 3.23. The Hall–Kier alpha value is -4.26. The number of carbonyl (C=O) groups is 5. The maximum atomic E-state index is 12.9. The Bertz CT molecular complexity index is 1260. The first-order chi connectivity index (χ1) is 19.8. The average molecular weight is 622 g/mol. The Morgan fingerprint density at radius 1 is 1.19 bits per heavy atom. The van der Waals surface area contributed by atoms with Gasteiger partial charge in [-0.15, -0.1) is 11.8 Å². The third-order valence-electron chi connectivity index (χ3n) is 6.06. The number of nitrogens with one attached hydrogen (secondary N) is 1. The van der Waals surface area contributed by atoms with Crippen LogP contribution in [0.1, 0.15) is 5.76 Å². The number of β-lactam (4-membered cyclic amide) rings is 1. The molecule has 2 atom stereocenters. The number of hydrogen-bond acceptors (Lipinski definition) is 11. The van der Waals surface area contributed by atoms with Crippen LogP contribution in [-0.2, 0) is 28.8 Å². The fourth-order valence-electron chi connectivity index (χ4n) is 3.94. The molecule has 0 saturated carbocycles. The maximum Gasteiger partial charge on any atom is 0.490 e. The van der Waals surface area contributed by atoms with Crippen LogP contribution in [0.15, 0.2) is 39.2 Å². The van der Waals surface area contributed by atoms with Crippen molar-refractivity contribution < 1.29 is 61.3 Å². The van der Waals surface area contributed by atoms with Crippen molar-refractivity contribution in [2.45, 2.75) is 17.6 Å². The Morgan fingerprint density at radius 3 is 2.36 bits per heavy atom. The molecular formula is C23H26F3N5O10S. The van der Waals surface area contributed by atoms with Gasteiger partial charge in [-0.1, -0.05) is 5.16 Å². The van der Waals surface area contributed by atoms with E-state index in [1.807, 2.05) is 7.05 Å². The zero-order valence-electron chi connectivity index (χ0n) is 22.1. The number of fused-ring (bicyclic) bond motifs is 1. The fraction of sp³-hybridized carbons (Fsp3) is 0.478. The standard InChI is InChI=1S/C21H25N5O8S.C2HF3O2/c1-24-5-7-25(8-6-24)21(31)34-10-12-11-35-19-15(18(28)26(19)16(12)20(29)30)22-17(27)14(23-32-2)13-4-3-9-33-13;3-2(4,5)1(6)7/h3-4,9,15,19H,5-8,10-11H2,1-2H3,(H,22,27)(H,29,30);(H,6,7)/t15?,19-;/m0./s1. The lowest BCUT2D eigenvalue weighted by Gasteiger charge is -2.49. The van der Waals surface area contributed by atoms with Crippen molar-refractivity contribution in [3.05, 3.63) is 35.4 Å². The predicted octanol–water partition coefficient (Wildman–Crippen LogP) is 0.386. The number of thioether (sulfide) groups is 1. The summed E-state index contributed by atoms with van der Waals surface area (Å²) in [5.41, 5.74) is -0.0705. The quantitative estimate of drug-likeness (QED) is 0.216. The first-order valence-electron chi connectivity index (χ1n) is 12.0. The molecule has 0 aromatic carbocycles. The Balaban J connectivity index is 0.000000616. The summed E-state index contributed by atoms with van der Waals surface area (Å²) in [6.07, 6.45) is -4.24. The van der Waals surface area contributed by atoms with Crippen LogP contribution in [0.4, 0.5) is 18.0 Å². The second-order valence-corrected chi connectivity index (χ2v) is 9.97. The van der Waals surface area contributed by atoms with Crippen molar-refractivity contribution in [1.29, 1.82) is 0 Å². The van der Waals surface area contributed by atoms with Gasteiger partial charge in [0.05, 0.1) is 6.26 Å². The highest BCUT2D eigenvalue weighted by atomic mass is 32.2. The van der Waals surface area contributed by atoms with Gasteiger partial charge in [0.1, 0.15) is 30.8 Å². The summed E-state index contributed by atoms with van der Waals surface area (Å²) in [5.74, 6) is -4.99. The van der Waals surface area contributed by atoms with E-state index in [9.17, 15) is 37.5 Å². The van der Waals surface area contributed by atoms with Crippen LogP contribution >= 0.6 is 11.8 Å². The van der Waals surface area contributed by atoms with Gasteiger partial charge in [0, 0.05) is 37.5 Å². The number of carboxylic acid groups (broad SMARTS) is 2. The number of rotatable bonds is 7. The molecule has 0 radical (unpaired) electrons. The van der Waals surface area contributed by atoms with E-state index >= 15 is 0 Å². The first-order valence-corrected chi connectivity index (χ1v) is 13.1. The monoisotopic (exact) mass is 621 g/mol. The molecule has 1 aromatic heterocycles. The van der Waals surface area contributed by atoms with Crippen LogP contribution in [0.25, 0.3) is 0 Å². The molecule has 3 amide bonds. The van der Waals surface area contributed by atoms with Gasteiger partial charge >= 0.3 is 24.2 Å². The molecule has 4 rings (SSSR count). The zero-order valence-corrected chi connectivity index (χ0v) is 22.9. The molecule has 4 heterocycles. The molecule has 0 bridgehead atoms. The van der Waals surface area contributed by atoms with Crippen LogP contribution in [-0.4, -0.2) is 131 Å². The van der Waals surface area contributed by atoms with Crippen LogP contribution in [0, 0.1) is 0 Å². The highest BCUT2D eigenvalue weighted by molar-refractivity contribution is 8.00. The SMILES string of the molecule is CON=C(C(=O)NC1C(=O)N2C(C(=O)O)=C(COC(=O)N3CCN(C)CC3)CS[C@@H]12)c1ccco1.O=C(O)C(F)(F)F. The number of alkyl halides is 3. The Labute approximate surface area is 239 Å². The van der Waals surface area contributed by atoms with Gasteiger partial charge < -0.3 is 39.3 Å². The van der Waals surface area contributed by atoms with E-state index in [2.05, 4.69) is 15.4 Å². The largest absolute Gasteiger partial charge is 0.490 e. The lowest BCUT2D eigenvalue weighted by molar-refractivity contribution is -0.192. The van der Waals surface area contributed by atoms with E-state index in [1.54, 1.807) is 11.0 Å². The molecule has 0 spiro atoms. The summed E-state index contributed by atoms with van der Waals surface area (Å²) in [6.45, 7) is 2.25. The predicted molar refractivity (Wildman–Crippen MR) is 136 cm³/mol. The normalized spacial score (nSPS) is 21.0. The second kappa shape index (κ2) is 13.6. The van der Waals surface area contributed by atoms with Gasteiger partial charge in [-0.2, -0.15) is 13.2 Å². The van der Waals surface area contributed by atoms with E-state index < -0.39 is 47.4 Å². The lowest BCUT2D eigenvalue weighted by Crippen LogP contribution is -2.71. The van der Waals surface area contributed by atoms with Crippen LogP contribution < -0.4 is 5.32 Å². The van der Waals surface area contributed by atoms with Crippen molar-refractivity contribution in [1.82, 2.24) is 20.0 Å². The third-order valence-corrected chi connectivity index (χ3v) is 7.40. The van der Waals surface area contributed by atoms with Gasteiger partial charge in [-0.05, 0) is 19.2 Å². The number of amides is 3. The smallest absolute Gasteiger partial charge is 0.477 e. The van der Waals surface area contributed by atoms with Crippen LogP contribution in [0.5, 0.6) is 0 Å². The number of carbonyl (C=O) groups excluding carboxylic acids is 3. The number of piperazine rings is 1. The molecule has 19 heteroatoms. The molecule has 230 valence electrons. The number of hydrogen-bond donors (Lipinski definition) is 3.